The third-order valence-electron chi connectivity index (χ3n) is 2.50. The van der Waals surface area contributed by atoms with Crippen molar-refractivity contribution in [2.45, 2.75) is 0 Å². The quantitative estimate of drug-likeness (QED) is 0.735. The number of nitrogens with zero attached hydrogens (tertiary/aromatic N) is 1. The Morgan fingerprint density at radius 3 is 2.27 bits per heavy atom. The SMILES string of the molecule is CN(C)c1ccc(NO)c2ccccc12. The molecule has 0 spiro atoms. The summed E-state index contributed by atoms with van der Waals surface area (Å²) in [6, 6.07) is 11.9. The third-order valence-corrected chi connectivity index (χ3v) is 2.50. The van der Waals surface area contributed by atoms with E-state index in [4.69, 9.17) is 5.21 Å². The molecule has 0 saturated heterocycles. The molecule has 0 aromatic heterocycles. The Morgan fingerprint density at radius 2 is 1.67 bits per heavy atom. The fourth-order valence-electron chi connectivity index (χ4n) is 1.77. The monoisotopic (exact) mass is 202 g/mol. The normalized spacial score (nSPS) is 10.3. The van der Waals surface area contributed by atoms with Gasteiger partial charge in [0.25, 0.3) is 0 Å². The number of benzene rings is 2. The molecular weight excluding hydrogens is 188 g/mol. The third kappa shape index (κ3) is 1.62. The number of rotatable bonds is 2. The molecule has 3 heteroatoms. The van der Waals surface area contributed by atoms with E-state index < -0.39 is 0 Å². The Labute approximate surface area is 88.9 Å². The standard InChI is InChI=1S/C12H14N2O/c1-14(2)12-8-7-11(13-15)9-5-3-4-6-10(9)12/h3-8,13,15H,1-2H3. The highest BCUT2D eigenvalue weighted by molar-refractivity contribution is 6.01. The first-order valence-electron chi connectivity index (χ1n) is 4.83. The molecule has 0 saturated carbocycles. The Bertz CT molecular complexity index is 480. The maximum Gasteiger partial charge on any atom is 0.0681 e. The second-order valence-corrected chi connectivity index (χ2v) is 3.68. The van der Waals surface area contributed by atoms with Gasteiger partial charge in [-0.2, -0.15) is 0 Å². The summed E-state index contributed by atoms with van der Waals surface area (Å²) in [5.74, 6) is 0. The van der Waals surface area contributed by atoms with Gasteiger partial charge < -0.3 is 4.90 Å². The topological polar surface area (TPSA) is 35.5 Å². The van der Waals surface area contributed by atoms with Gasteiger partial charge in [0.05, 0.1) is 5.69 Å². The van der Waals surface area contributed by atoms with Gasteiger partial charge in [-0.1, -0.05) is 24.3 Å². The van der Waals surface area contributed by atoms with Crippen molar-refractivity contribution in [2.24, 2.45) is 0 Å². The fourth-order valence-corrected chi connectivity index (χ4v) is 1.77. The van der Waals surface area contributed by atoms with E-state index in [0.717, 1.165) is 22.1 Å². The lowest BCUT2D eigenvalue weighted by Crippen LogP contribution is -2.09. The lowest BCUT2D eigenvalue weighted by molar-refractivity contribution is 0.390. The first kappa shape index (κ1) is 9.80. The van der Waals surface area contributed by atoms with Gasteiger partial charge in [0.1, 0.15) is 0 Å². The average molecular weight is 202 g/mol. The van der Waals surface area contributed by atoms with E-state index in [1.54, 1.807) is 0 Å². The Hall–Kier alpha value is -1.74. The van der Waals surface area contributed by atoms with Gasteiger partial charge in [-0.3, -0.25) is 10.7 Å². The summed E-state index contributed by atoms with van der Waals surface area (Å²) in [5, 5.41) is 11.1. The second-order valence-electron chi connectivity index (χ2n) is 3.68. The predicted molar refractivity (Wildman–Crippen MR) is 63.7 cm³/mol. The smallest absolute Gasteiger partial charge is 0.0681 e. The highest BCUT2D eigenvalue weighted by atomic mass is 16.5. The number of hydrogen-bond acceptors (Lipinski definition) is 3. The van der Waals surface area contributed by atoms with Crippen LogP contribution in [0.25, 0.3) is 10.8 Å². The molecule has 0 fully saturated rings. The molecule has 0 bridgehead atoms. The molecule has 0 aliphatic heterocycles. The summed E-state index contributed by atoms with van der Waals surface area (Å²) < 4.78 is 0. The Morgan fingerprint density at radius 1 is 1.00 bits per heavy atom. The van der Waals surface area contributed by atoms with E-state index in [0.29, 0.717) is 0 Å². The average Bonchev–Trinajstić information content (AvgIpc) is 2.27. The molecule has 0 heterocycles. The summed E-state index contributed by atoms with van der Waals surface area (Å²) in [6.07, 6.45) is 0. The van der Waals surface area contributed by atoms with Crippen LogP contribution in [0.2, 0.25) is 0 Å². The van der Waals surface area contributed by atoms with E-state index in [1.807, 2.05) is 50.5 Å². The van der Waals surface area contributed by atoms with Crippen LogP contribution in [0.5, 0.6) is 0 Å². The van der Waals surface area contributed by atoms with E-state index in [2.05, 4.69) is 10.4 Å². The summed E-state index contributed by atoms with van der Waals surface area (Å²) in [4.78, 5) is 2.06. The van der Waals surface area contributed by atoms with Crippen LogP contribution in [-0.2, 0) is 0 Å². The van der Waals surface area contributed by atoms with E-state index in [9.17, 15) is 0 Å². The van der Waals surface area contributed by atoms with Crippen LogP contribution in [-0.4, -0.2) is 19.3 Å². The molecule has 0 aliphatic carbocycles. The van der Waals surface area contributed by atoms with Crippen LogP contribution in [0.3, 0.4) is 0 Å². The van der Waals surface area contributed by atoms with Crippen molar-refractivity contribution >= 4 is 22.1 Å². The highest BCUT2D eigenvalue weighted by Crippen LogP contribution is 2.30. The fraction of sp³-hybridized carbons (Fsp3) is 0.167. The lowest BCUT2D eigenvalue weighted by Gasteiger charge is -2.16. The van der Waals surface area contributed by atoms with Crippen molar-refractivity contribution < 1.29 is 5.21 Å². The minimum Gasteiger partial charge on any atom is -0.377 e. The van der Waals surface area contributed by atoms with Crippen LogP contribution >= 0.6 is 0 Å². The largest absolute Gasteiger partial charge is 0.377 e. The molecule has 3 nitrogen and oxygen atoms in total. The van der Waals surface area contributed by atoms with Crippen molar-refractivity contribution in [1.82, 2.24) is 0 Å². The molecule has 2 rings (SSSR count). The molecule has 2 aromatic carbocycles. The van der Waals surface area contributed by atoms with Crippen molar-refractivity contribution in [3.63, 3.8) is 0 Å². The Balaban J connectivity index is 2.77. The molecule has 78 valence electrons. The molecule has 2 aromatic rings. The van der Waals surface area contributed by atoms with Crippen LogP contribution in [0, 0.1) is 0 Å². The minimum absolute atomic E-state index is 0.733. The van der Waals surface area contributed by atoms with Gasteiger partial charge in [0.15, 0.2) is 0 Å². The maximum absolute atomic E-state index is 9.00. The molecule has 0 unspecified atom stereocenters. The van der Waals surface area contributed by atoms with Crippen molar-refractivity contribution in [3.05, 3.63) is 36.4 Å². The number of hydrogen-bond donors (Lipinski definition) is 2. The zero-order chi connectivity index (χ0) is 10.8. The van der Waals surface area contributed by atoms with Crippen LogP contribution in [0.1, 0.15) is 0 Å². The van der Waals surface area contributed by atoms with Crippen LogP contribution in [0.4, 0.5) is 11.4 Å². The summed E-state index contributed by atoms with van der Waals surface area (Å²) >= 11 is 0. The van der Waals surface area contributed by atoms with Gasteiger partial charge in [0.2, 0.25) is 0 Å². The van der Waals surface area contributed by atoms with Gasteiger partial charge >= 0.3 is 0 Å². The molecule has 2 N–H and O–H groups in total. The number of nitrogens with one attached hydrogen (secondary N) is 1. The maximum atomic E-state index is 9.00. The molecule has 0 atom stereocenters. The van der Waals surface area contributed by atoms with E-state index in [1.165, 1.54) is 0 Å². The molecule has 0 aliphatic rings. The molecule has 15 heavy (non-hydrogen) atoms. The van der Waals surface area contributed by atoms with E-state index in [-0.39, 0.29) is 0 Å². The van der Waals surface area contributed by atoms with Gasteiger partial charge in [-0.25, -0.2) is 0 Å². The first-order valence-corrected chi connectivity index (χ1v) is 4.83. The van der Waals surface area contributed by atoms with Crippen molar-refractivity contribution in [2.75, 3.05) is 24.5 Å². The second kappa shape index (κ2) is 3.79. The van der Waals surface area contributed by atoms with Gasteiger partial charge in [-0.15, -0.1) is 0 Å². The zero-order valence-corrected chi connectivity index (χ0v) is 8.86. The first-order chi connectivity index (χ1) is 7.24. The lowest BCUT2D eigenvalue weighted by atomic mass is 10.1. The number of anilines is 2. The minimum atomic E-state index is 0.733. The van der Waals surface area contributed by atoms with Crippen LogP contribution in [0.15, 0.2) is 36.4 Å². The van der Waals surface area contributed by atoms with Gasteiger partial charge in [0, 0.05) is 30.6 Å². The highest BCUT2D eigenvalue weighted by Gasteiger charge is 2.05. The summed E-state index contributed by atoms with van der Waals surface area (Å²) in [5.41, 5.74) is 4.09. The van der Waals surface area contributed by atoms with Crippen LogP contribution < -0.4 is 10.4 Å². The van der Waals surface area contributed by atoms with Crippen molar-refractivity contribution in [3.8, 4) is 0 Å². The van der Waals surface area contributed by atoms with Gasteiger partial charge in [-0.05, 0) is 12.1 Å². The summed E-state index contributed by atoms with van der Waals surface area (Å²) in [7, 11) is 4.02. The molecular formula is C12H14N2O. The van der Waals surface area contributed by atoms with E-state index >= 15 is 0 Å². The molecule has 0 radical (unpaired) electrons. The Kier molecular flexibility index (Phi) is 2.47. The van der Waals surface area contributed by atoms with Crippen molar-refractivity contribution in [1.29, 1.82) is 0 Å². The summed E-state index contributed by atoms with van der Waals surface area (Å²) in [6.45, 7) is 0. The molecule has 0 amide bonds. The zero-order valence-electron chi connectivity index (χ0n) is 8.86. The number of fused-ring (bicyclic) bond motifs is 1. The predicted octanol–water partition coefficient (Wildman–Crippen LogP) is 2.71.